The molecule has 4 unspecified atom stereocenters. The maximum absolute atomic E-state index is 14.1. The van der Waals surface area contributed by atoms with Crippen LogP contribution >= 0.6 is 0 Å². The normalized spacial score (nSPS) is 32.7. The maximum atomic E-state index is 14.1. The summed E-state index contributed by atoms with van der Waals surface area (Å²) in [5, 5.41) is 8.76. The van der Waals surface area contributed by atoms with Crippen molar-refractivity contribution in [1.29, 1.82) is 5.26 Å². The summed E-state index contributed by atoms with van der Waals surface area (Å²) >= 11 is 0. The molecule has 2 aliphatic carbocycles. The van der Waals surface area contributed by atoms with Crippen molar-refractivity contribution in [2.24, 2.45) is 23.7 Å². The first-order chi connectivity index (χ1) is 10.1. The minimum Gasteiger partial charge on any atom is -0.274 e. The van der Waals surface area contributed by atoms with Crippen molar-refractivity contribution in [1.82, 2.24) is 0 Å². The van der Waals surface area contributed by atoms with Crippen molar-refractivity contribution >= 4 is 17.5 Å². The lowest BCUT2D eigenvalue weighted by Gasteiger charge is -2.17. The molecule has 0 spiro atoms. The Morgan fingerprint density at radius 1 is 1.14 bits per heavy atom. The van der Waals surface area contributed by atoms with Crippen LogP contribution in [0.3, 0.4) is 0 Å². The third kappa shape index (κ3) is 1.47. The molecule has 1 aromatic carbocycles. The van der Waals surface area contributed by atoms with Crippen LogP contribution in [0.5, 0.6) is 0 Å². The lowest BCUT2D eigenvalue weighted by Crippen LogP contribution is -2.33. The van der Waals surface area contributed by atoms with Gasteiger partial charge in [0, 0.05) is 0 Å². The Balaban J connectivity index is 1.76. The van der Waals surface area contributed by atoms with Crippen LogP contribution in [0.15, 0.2) is 30.4 Å². The number of nitriles is 1. The minimum absolute atomic E-state index is 0.0437. The topological polar surface area (TPSA) is 61.2 Å². The van der Waals surface area contributed by atoms with Crippen molar-refractivity contribution in [3.63, 3.8) is 0 Å². The molecule has 1 aliphatic heterocycles. The van der Waals surface area contributed by atoms with E-state index in [1.807, 2.05) is 18.2 Å². The number of hydrogen-bond donors (Lipinski definition) is 0. The lowest BCUT2D eigenvalue weighted by atomic mass is 9.85. The van der Waals surface area contributed by atoms with E-state index in [1.165, 1.54) is 12.1 Å². The van der Waals surface area contributed by atoms with Crippen LogP contribution in [0.4, 0.5) is 10.1 Å². The Bertz CT molecular complexity index is 719. The summed E-state index contributed by atoms with van der Waals surface area (Å²) in [6.45, 7) is 0. The number of allylic oxidation sites excluding steroid dienone is 2. The van der Waals surface area contributed by atoms with Crippen molar-refractivity contribution in [3.8, 4) is 6.07 Å². The van der Waals surface area contributed by atoms with Gasteiger partial charge in [-0.3, -0.25) is 9.59 Å². The van der Waals surface area contributed by atoms with Gasteiger partial charge in [0.2, 0.25) is 11.8 Å². The predicted octanol–water partition coefficient (Wildman–Crippen LogP) is 2.01. The number of imide groups is 1. The van der Waals surface area contributed by atoms with Crippen molar-refractivity contribution in [3.05, 3.63) is 41.7 Å². The second kappa shape index (κ2) is 4.01. The number of benzene rings is 1. The first-order valence-corrected chi connectivity index (χ1v) is 6.87. The van der Waals surface area contributed by atoms with Crippen molar-refractivity contribution in [2.75, 3.05) is 4.90 Å². The number of anilines is 1. The summed E-state index contributed by atoms with van der Waals surface area (Å²) in [6.07, 6.45) is 4.84. The molecular formula is C16H11FN2O2. The zero-order valence-corrected chi connectivity index (χ0v) is 11.0. The molecular weight excluding hydrogens is 271 g/mol. The van der Waals surface area contributed by atoms with Gasteiger partial charge in [0.15, 0.2) is 0 Å². The molecule has 4 nitrogen and oxygen atoms in total. The van der Waals surface area contributed by atoms with Gasteiger partial charge in [-0.1, -0.05) is 12.2 Å². The first-order valence-electron chi connectivity index (χ1n) is 6.87. The molecule has 1 saturated heterocycles. The van der Waals surface area contributed by atoms with E-state index in [0.29, 0.717) is 0 Å². The lowest BCUT2D eigenvalue weighted by molar-refractivity contribution is -0.123. The maximum Gasteiger partial charge on any atom is 0.238 e. The van der Waals surface area contributed by atoms with E-state index in [9.17, 15) is 14.0 Å². The smallest absolute Gasteiger partial charge is 0.238 e. The van der Waals surface area contributed by atoms with Gasteiger partial charge in [0.25, 0.3) is 0 Å². The Kier molecular flexibility index (Phi) is 2.35. The Labute approximate surface area is 120 Å². The van der Waals surface area contributed by atoms with Crippen LogP contribution in [0.1, 0.15) is 12.0 Å². The molecule has 0 aromatic heterocycles. The minimum atomic E-state index is -0.712. The molecule has 4 atom stereocenters. The monoisotopic (exact) mass is 282 g/mol. The van der Waals surface area contributed by atoms with Crippen molar-refractivity contribution < 1.29 is 14.0 Å². The number of hydrogen-bond acceptors (Lipinski definition) is 3. The van der Waals surface area contributed by atoms with Crippen LogP contribution in [0, 0.1) is 40.8 Å². The van der Waals surface area contributed by atoms with Crippen LogP contribution in [0.25, 0.3) is 0 Å². The summed E-state index contributed by atoms with van der Waals surface area (Å²) in [5.41, 5.74) is 0.120. The van der Waals surface area contributed by atoms with Gasteiger partial charge in [0.1, 0.15) is 5.82 Å². The van der Waals surface area contributed by atoms with E-state index in [1.54, 1.807) is 0 Å². The van der Waals surface area contributed by atoms with E-state index in [4.69, 9.17) is 5.26 Å². The summed E-state index contributed by atoms with van der Waals surface area (Å²) in [6, 6.07) is 5.64. The molecule has 2 bridgehead atoms. The Morgan fingerprint density at radius 2 is 1.76 bits per heavy atom. The van der Waals surface area contributed by atoms with E-state index in [-0.39, 0.29) is 46.7 Å². The SMILES string of the molecule is N#Cc1ccc(N2C(=O)C3C4C=CC(C4)C3C2=O)c(F)c1. The van der Waals surface area contributed by atoms with Gasteiger partial charge in [-0.2, -0.15) is 5.26 Å². The molecule has 104 valence electrons. The Morgan fingerprint density at radius 3 is 2.29 bits per heavy atom. The number of rotatable bonds is 1. The van der Waals surface area contributed by atoms with E-state index >= 15 is 0 Å². The number of nitrogens with zero attached hydrogens (tertiary/aromatic N) is 2. The van der Waals surface area contributed by atoms with Crippen LogP contribution in [0.2, 0.25) is 0 Å². The highest BCUT2D eigenvalue weighted by Crippen LogP contribution is 2.53. The van der Waals surface area contributed by atoms with Gasteiger partial charge in [-0.05, 0) is 36.5 Å². The highest BCUT2D eigenvalue weighted by molar-refractivity contribution is 6.22. The summed E-state index contributed by atoms with van der Waals surface area (Å²) in [5.74, 6) is -1.83. The quantitative estimate of drug-likeness (QED) is 0.584. The molecule has 4 rings (SSSR count). The van der Waals surface area contributed by atoms with E-state index in [0.717, 1.165) is 17.4 Å². The summed E-state index contributed by atoms with van der Waals surface area (Å²) < 4.78 is 14.1. The fourth-order valence-electron chi connectivity index (χ4n) is 3.90. The largest absolute Gasteiger partial charge is 0.274 e. The average Bonchev–Trinajstić information content (AvgIpc) is 3.14. The van der Waals surface area contributed by atoms with Gasteiger partial charge < -0.3 is 0 Å². The second-order valence-corrected chi connectivity index (χ2v) is 5.79. The molecule has 1 heterocycles. The number of fused-ring (bicyclic) bond motifs is 5. The van der Waals surface area contributed by atoms with Crippen LogP contribution < -0.4 is 4.90 Å². The Hall–Kier alpha value is -2.48. The van der Waals surface area contributed by atoms with Gasteiger partial charge in [0.05, 0.1) is 29.2 Å². The molecule has 2 amide bonds. The molecule has 0 radical (unpaired) electrons. The van der Waals surface area contributed by atoms with Gasteiger partial charge in [-0.25, -0.2) is 9.29 Å². The molecule has 2 fully saturated rings. The molecule has 1 aromatic rings. The van der Waals surface area contributed by atoms with E-state index < -0.39 is 5.82 Å². The molecule has 5 heteroatoms. The van der Waals surface area contributed by atoms with Crippen molar-refractivity contribution in [2.45, 2.75) is 6.42 Å². The highest BCUT2D eigenvalue weighted by Gasteiger charge is 2.59. The zero-order chi connectivity index (χ0) is 14.7. The van der Waals surface area contributed by atoms with Crippen LogP contribution in [-0.4, -0.2) is 11.8 Å². The number of carbonyl (C=O) groups excluding carboxylic acids is 2. The van der Waals surface area contributed by atoms with E-state index in [2.05, 4.69) is 0 Å². The van der Waals surface area contributed by atoms with Crippen LogP contribution in [-0.2, 0) is 9.59 Å². The molecule has 3 aliphatic rings. The molecule has 21 heavy (non-hydrogen) atoms. The van der Waals surface area contributed by atoms with Gasteiger partial charge >= 0.3 is 0 Å². The molecule has 1 saturated carbocycles. The fourth-order valence-corrected chi connectivity index (χ4v) is 3.90. The standard InChI is InChI=1S/C16H11FN2O2/c17-11-5-8(7-18)1-4-12(11)19-15(20)13-9-2-3-10(6-9)14(13)16(19)21/h1-5,9-10,13-14H,6H2. The second-order valence-electron chi connectivity index (χ2n) is 5.79. The third-order valence-electron chi connectivity index (χ3n) is 4.79. The molecule has 0 N–H and O–H groups in total. The van der Waals surface area contributed by atoms with Gasteiger partial charge in [-0.15, -0.1) is 0 Å². The number of carbonyl (C=O) groups is 2. The highest BCUT2D eigenvalue weighted by atomic mass is 19.1. The summed E-state index contributed by atoms with van der Waals surface area (Å²) in [4.78, 5) is 26.0. The first kappa shape index (κ1) is 12.3. The number of amides is 2. The zero-order valence-electron chi connectivity index (χ0n) is 11.0. The average molecular weight is 282 g/mol. The predicted molar refractivity (Wildman–Crippen MR) is 71.3 cm³/mol. The fraction of sp³-hybridized carbons (Fsp3) is 0.312. The number of halogens is 1. The summed E-state index contributed by atoms with van der Waals surface area (Å²) in [7, 11) is 0. The third-order valence-corrected chi connectivity index (χ3v) is 4.79.